The van der Waals surface area contributed by atoms with Gasteiger partial charge in [0.15, 0.2) is 0 Å². The fraction of sp³-hybridized carbons (Fsp3) is 0.429. The summed E-state index contributed by atoms with van der Waals surface area (Å²) in [6.45, 7) is 4.39. The summed E-state index contributed by atoms with van der Waals surface area (Å²) in [6, 6.07) is 3.96. The van der Waals surface area contributed by atoms with E-state index in [1.807, 2.05) is 25.4 Å². The van der Waals surface area contributed by atoms with Gasteiger partial charge >= 0.3 is 0 Å². The quantitative estimate of drug-likeness (QED) is 0.899. The second-order valence-corrected chi connectivity index (χ2v) is 4.70. The Labute approximate surface area is 108 Å². The normalized spacial score (nSPS) is 12.6. The molecule has 18 heavy (non-hydrogen) atoms. The molecule has 0 bridgehead atoms. The van der Waals surface area contributed by atoms with Gasteiger partial charge in [-0.25, -0.2) is 0 Å². The third-order valence-electron chi connectivity index (χ3n) is 3.26. The molecule has 2 rings (SSSR count). The first-order valence-corrected chi connectivity index (χ1v) is 6.37. The average Bonchev–Trinajstić information content (AvgIpc) is 2.67. The van der Waals surface area contributed by atoms with E-state index in [1.165, 1.54) is 0 Å². The van der Waals surface area contributed by atoms with Crippen LogP contribution < -0.4 is 5.73 Å². The van der Waals surface area contributed by atoms with E-state index < -0.39 is 0 Å². The van der Waals surface area contributed by atoms with E-state index in [1.54, 1.807) is 10.9 Å². The van der Waals surface area contributed by atoms with Gasteiger partial charge in [0.2, 0.25) is 0 Å². The summed E-state index contributed by atoms with van der Waals surface area (Å²) in [5.74, 6) is 1.12. The van der Waals surface area contributed by atoms with Gasteiger partial charge in [-0.15, -0.1) is 0 Å². The fourth-order valence-electron chi connectivity index (χ4n) is 2.28. The van der Waals surface area contributed by atoms with E-state index >= 15 is 0 Å². The van der Waals surface area contributed by atoms with Gasteiger partial charge in [-0.05, 0) is 12.5 Å². The SMILES string of the molecule is CCCC(C)c1nn(C)c(N)c1-c1cccnc1. The molecule has 2 N–H and O–H groups in total. The zero-order chi connectivity index (χ0) is 13.1. The lowest BCUT2D eigenvalue weighted by Crippen LogP contribution is -1.98. The Bertz CT molecular complexity index is 516. The van der Waals surface area contributed by atoms with Crippen molar-refractivity contribution < 1.29 is 0 Å². The Kier molecular flexibility index (Phi) is 3.65. The van der Waals surface area contributed by atoms with Crippen molar-refractivity contribution in [1.82, 2.24) is 14.8 Å². The first-order chi connectivity index (χ1) is 8.65. The van der Waals surface area contributed by atoms with Crippen molar-refractivity contribution >= 4 is 5.82 Å². The summed E-state index contributed by atoms with van der Waals surface area (Å²) in [6.07, 6.45) is 5.87. The van der Waals surface area contributed by atoms with Crippen LogP contribution in [0.15, 0.2) is 24.5 Å². The molecule has 2 heterocycles. The number of rotatable bonds is 4. The van der Waals surface area contributed by atoms with Crippen LogP contribution >= 0.6 is 0 Å². The molecule has 0 aliphatic heterocycles. The van der Waals surface area contributed by atoms with E-state index in [9.17, 15) is 0 Å². The van der Waals surface area contributed by atoms with E-state index in [-0.39, 0.29) is 0 Å². The zero-order valence-corrected chi connectivity index (χ0v) is 11.2. The van der Waals surface area contributed by atoms with Crippen molar-refractivity contribution in [3.63, 3.8) is 0 Å². The van der Waals surface area contributed by atoms with Crippen molar-refractivity contribution in [3.05, 3.63) is 30.2 Å². The highest BCUT2D eigenvalue weighted by molar-refractivity contribution is 5.76. The molecule has 1 unspecified atom stereocenters. The maximum atomic E-state index is 6.14. The zero-order valence-electron chi connectivity index (χ0n) is 11.2. The molecule has 0 fully saturated rings. The van der Waals surface area contributed by atoms with Gasteiger partial charge in [0.05, 0.1) is 5.69 Å². The lowest BCUT2D eigenvalue weighted by Gasteiger charge is -2.09. The molecule has 4 nitrogen and oxygen atoms in total. The maximum Gasteiger partial charge on any atom is 0.129 e. The van der Waals surface area contributed by atoms with Crippen LogP contribution in [0.4, 0.5) is 5.82 Å². The molecule has 96 valence electrons. The summed E-state index contributed by atoms with van der Waals surface area (Å²) in [5.41, 5.74) is 9.29. The summed E-state index contributed by atoms with van der Waals surface area (Å²) in [7, 11) is 1.89. The standard InChI is InChI=1S/C14H20N4/c1-4-6-10(2)13-12(14(15)18(3)17-13)11-7-5-8-16-9-11/h5,7-10H,4,6,15H2,1-3H3. The average molecular weight is 244 g/mol. The smallest absolute Gasteiger partial charge is 0.129 e. The minimum absolute atomic E-state index is 0.411. The van der Waals surface area contributed by atoms with E-state index in [0.29, 0.717) is 11.7 Å². The third-order valence-corrected chi connectivity index (χ3v) is 3.26. The van der Waals surface area contributed by atoms with E-state index in [2.05, 4.69) is 23.9 Å². The number of aromatic nitrogens is 3. The molecule has 1 atom stereocenters. The molecule has 0 aromatic carbocycles. The predicted molar refractivity (Wildman–Crippen MR) is 74.2 cm³/mol. The van der Waals surface area contributed by atoms with Crippen LogP contribution in [0, 0.1) is 0 Å². The van der Waals surface area contributed by atoms with Crippen LogP contribution in [0.2, 0.25) is 0 Å². The van der Waals surface area contributed by atoms with Gasteiger partial charge in [-0.1, -0.05) is 26.3 Å². The van der Waals surface area contributed by atoms with Crippen molar-refractivity contribution in [2.24, 2.45) is 7.05 Å². The molecule has 0 aliphatic carbocycles. The largest absolute Gasteiger partial charge is 0.383 e. The monoisotopic (exact) mass is 244 g/mol. The molecule has 0 spiro atoms. The topological polar surface area (TPSA) is 56.7 Å². The predicted octanol–water partition coefficient (Wildman–Crippen LogP) is 2.97. The minimum Gasteiger partial charge on any atom is -0.383 e. The fourth-order valence-corrected chi connectivity index (χ4v) is 2.28. The number of hydrogen-bond donors (Lipinski definition) is 1. The number of nitrogens with two attached hydrogens (primary N) is 1. The summed E-state index contributed by atoms with van der Waals surface area (Å²) >= 11 is 0. The van der Waals surface area contributed by atoms with Crippen molar-refractivity contribution in [3.8, 4) is 11.1 Å². The van der Waals surface area contributed by atoms with E-state index in [0.717, 1.165) is 29.7 Å². The van der Waals surface area contributed by atoms with Crippen LogP contribution in [0.1, 0.15) is 38.3 Å². The van der Waals surface area contributed by atoms with Crippen LogP contribution in [-0.4, -0.2) is 14.8 Å². The Morgan fingerprint density at radius 2 is 2.22 bits per heavy atom. The van der Waals surface area contributed by atoms with Gasteiger partial charge in [-0.2, -0.15) is 5.10 Å². The first-order valence-electron chi connectivity index (χ1n) is 6.37. The number of hydrogen-bond acceptors (Lipinski definition) is 3. The molecule has 0 saturated heterocycles. The highest BCUT2D eigenvalue weighted by Gasteiger charge is 2.19. The van der Waals surface area contributed by atoms with Crippen LogP contribution in [0.3, 0.4) is 0 Å². The van der Waals surface area contributed by atoms with Crippen molar-refractivity contribution in [1.29, 1.82) is 0 Å². The van der Waals surface area contributed by atoms with Gasteiger partial charge in [0.1, 0.15) is 5.82 Å². The van der Waals surface area contributed by atoms with E-state index in [4.69, 9.17) is 5.73 Å². The molecule has 0 saturated carbocycles. The van der Waals surface area contributed by atoms with Crippen molar-refractivity contribution in [2.75, 3.05) is 5.73 Å². The Hall–Kier alpha value is -1.84. The summed E-state index contributed by atoms with van der Waals surface area (Å²) in [4.78, 5) is 4.17. The molecule has 4 heteroatoms. The Morgan fingerprint density at radius 1 is 1.44 bits per heavy atom. The molecule has 0 amide bonds. The summed E-state index contributed by atoms with van der Waals surface area (Å²) in [5, 5.41) is 4.57. The highest BCUT2D eigenvalue weighted by atomic mass is 15.3. The first kappa shape index (κ1) is 12.6. The van der Waals surface area contributed by atoms with Crippen LogP contribution in [0.5, 0.6) is 0 Å². The molecule has 2 aromatic rings. The minimum atomic E-state index is 0.411. The lowest BCUT2D eigenvalue weighted by atomic mass is 9.95. The molecule has 0 aliphatic rings. The Morgan fingerprint density at radius 3 is 2.83 bits per heavy atom. The second-order valence-electron chi connectivity index (χ2n) is 4.70. The van der Waals surface area contributed by atoms with Gasteiger partial charge in [0, 0.05) is 36.5 Å². The number of nitrogens with zero attached hydrogens (tertiary/aromatic N) is 3. The number of anilines is 1. The summed E-state index contributed by atoms with van der Waals surface area (Å²) < 4.78 is 1.75. The van der Waals surface area contributed by atoms with Gasteiger partial charge < -0.3 is 5.73 Å². The number of nitrogen functional groups attached to an aromatic ring is 1. The second kappa shape index (κ2) is 5.21. The Balaban J connectivity index is 2.52. The maximum absolute atomic E-state index is 6.14. The molecular formula is C14H20N4. The van der Waals surface area contributed by atoms with Crippen LogP contribution in [0.25, 0.3) is 11.1 Å². The number of aryl methyl sites for hydroxylation is 1. The molecule has 0 radical (unpaired) electrons. The highest BCUT2D eigenvalue weighted by Crippen LogP contribution is 2.34. The third kappa shape index (κ3) is 2.23. The number of pyridine rings is 1. The molecule has 2 aromatic heterocycles. The molecular weight excluding hydrogens is 224 g/mol. The lowest BCUT2D eigenvalue weighted by molar-refractivity contribution is 0.627. The van der Waals surface area contributed by atoms with Crippen LogP contribution in [-0.2, 0) is 7.05 Å². The van der Waals surface area contributed by atoms with Gasteiger partial charge in [-0.3, -0.25) is 9.67 Å². The van der Waals surface area contributed by atoms with Crippen molar-refractivity contribution in [2.45, 2.75) is 32.6 Å². The van der Waals surface area contributed by atoms with Gasteiger partial charge in [0.25, 0.3) is 0 Å².